The van der Waals surface area contributed by atoms with Gasteiger partial charge in [-0.15, -0.1) is 0 Å². The first kappa shape index (κ1) is 26.0. The van der Waals surface area contributed by atoms with Crippen LogP contribution in [0.1, 0.15) is 57.2 Å². The molecule has 7 rings (SSSR count). The zero-order valence-electron chi connectivity index (χ0n) is 23.1. The van der Waals surface area contributed by atoms with Crippen LogP contribution in [0.15, 0.2) is 64.2 Å². The molecule has 210 valence electrons. The van der Waals surface area contributed by atoms with Gasteiger partial charge in [-0.2, -0.15) is 4.58 Å². The summed E-state index contributed by atoms with van der Waals surface area (Å²) in [6.07, 6.45) is 4.07. The van der Waals surface area contributed by atoms with Crippen molar-refractivity contribution < 1.29 is 32.9 Å². The molecule has 0 spiro atoms. The lowest BCUT2D eigenvalue weighted by molar-refractivity contribution is -0.445. The molecule has 5 heterocycles. The van der Waals surface area contributed by atoms with E-state index in [1.807, 2.05) is 12.1 Å². The minimum Gasteiger partial charge on any atom is -0.481 e. The van der Waals surface area contributed by atoms with Gasteiger partial charge in [-0.3, -0.25) is 4.79 Å². The molecule has 0 saturated heterocycles. The third-order valence-corrected chi connectivity index (χ3v) is 10.3. The second-order valence-electron chi connectivity index (χ2n) is 12.6. The van der Waals surface area contributed by atoms with Crippen molar-refractivity contribution in [3.8, 4) is 0 Å². The number of allylic oxidation sites excluding steroid dienone is 1. The number of aliphatic carboxylic acids is 1. The maximum Gasteiger partial charge on any atom is 0.307 e. The Hall–Kier alpha value is -2.95. The Balaban J connectivity index is 1.37. The Labute approximate surface area is 235 Å². The highest BCUT2D eigenvalue weighted by atomic mass is 32.3. The third kappa shape index (κ3) is 3.55. The molecule has 2 unspecified atom stereocenters. The number of carbonyl (C=O) groups is 1. The molecule has 0 radical (unpaired) electrons. The Morgan fingerprint density at radius 2 is 1.80 bits per heavy atom. The number of hydrogen-bond donors (Lipinski definition) is 4. The van der Waals surface area contributed by atoms with E-state index < -0.39 is 22.3 Å². The lowest BCUT2D eigenvalue weighted by Gasteiger charge is -2.42. The number of hydrogen-bond acceptors (Lipinski definition) is 6. The summed E-state index contributed by atoms with van der Waals surface area (Å²) >= 11 is 0. The zero-order valence-corrected chi connectivity index (χ0v) is 24.0. The summed E-state index contributed by atoms with van der Waals surface area (Å²) in [5.41, 5.74) is 9.05. The van der Waals surface area contributed by atoms with Crippen LogP contribution in [0, 0.1) is 0 Å². The normalized spacial score (nSPS) is 25.9. The molecule has 0 fully saturated rings. The highest BCUT2D eigenvalue weighted by molar-refractivity contribution is 8.19. The number of ether oxygens (including phenoxy) is 1. The fraction of sp³-hybridized carbons (Fsp3) is 0.419. The highest BCUT2D eigenvalue weighted by Gasteiger charge is 2.54. The first-order valence-electron chi connectivity index (χ1n) is 13.8. The van der Waals surface area contributed by atoms with Crippen molar-refractivity contribution in [2.45, 2.75) is 74.9 Å². The van der Waals surface area contributed by atoms with Crippen molar-refractivity contribution in [3.63, 3.8) is 0 Å². The summed E-state index contributed by atoms with van der Waals surface area (Å²) in [6, 6.07) is 11.3. The molecule has 0 aromatic heterocycles. The second kappa shape index (κ2) is 8.30. The van der Waals surface area contributed by atoms with E-state index in [1.165, 1.54) is 11.3 Å². The smallest absolute Gasteiger partial charge is 0.307 e. The maximum absolute atomic E-state index is 11.4. The number of rotatable bonds is 3. The van der Waals surface area contributed by atoms with Gasteiger partial charge in [0.25, 0.3) is 0 Å². The molecule has 2 aromatic carbocycles. The first-order valence-corrected chi connectivity index (χ1v) is 15.3. The fourth-order valence-corrected chi connectivity index (χ4v) is 8.30. The van der Waals surface area contributed by atoms with Crippen LogP contribution in [0.4, 0.5) is 11.4 Å². The van der Waals surface area contributed by atoms with Gasteiger partial charge in [0.1, 0.15) is 10.9 Å². The van der Waals surface area contributed by atoms with E-state index in [9.17, 15) is 23.6 Å². The number of nitrogens with zero attached hydrogens (tertiary/aromatic N) is 2. The topological polar surface area (TPSA) is 113 Å². The molecule has 9 heteroatoms. The minimum absolute atomic E-state index is 0.0000959. The molecule has 0 bridgehead atoms. The Morgan fingerprint density at radius 1 is 1.02 bits per heavy atom. The summed E-state index contributed by atoms with van der Waals surface area (Å²) in [4.78, 5) is 13.9. The Morgan fingerprint density at radius 3 is 2.52 bits per heavy atom. The first-order chi connectivity index (χ1) is 18.8. The standard InChI is InChI=1S/C31H34N2O6S/c1-30(2)21-13-17(14-27(34)35)5-7-23(21)32-11-9-25-19(28(30)32)16-20-26(39-25)10-12-33-24-8-6-18(40(36,37)38)15-22(24)31(3,4)29(20)33/h5-8,13,15-16,25-26H,9-12,14H2,1-4H3,(H3-,34,35,36,37,38)/p+1. The Kier molecular flexibility index (Phi) is 5.39. The van der Waals surface area contributed by atoms with Crippen molar-refractivity contribution in [2.24, 2.45) is 0 Å². The van der Waals surface area contributed by atoms with Crippen molar-refractivity contribution in [1.29, 1.82) is 0 Å². The molecule has 0 aliphatic carbocycles. The minimum atomic E-state index is -3.82. The van der Waals surface area contributed by atoms with Crippen LogP contribution in [0.5, 0.6) is 0 Å². The van der Waals surface area contributed by atoms with Crippen LogP contribution in [0.25, 0.3) is 0 Å². The quantitative estimate of drug-likeness (QED) is 0.348. The van der Waals surface area contributed by atoms with Crippen molar-refractivity contribution in [1.82, 2.24) is 0 Å². The number of anilines is 1. The molecular weight excluding hydrogens is 528 g/mol. The lowest BCUT2D eigenvalue weighted by atomic mass is 9.74. The summed E-state index contributed by atoms with van der Waals surface area (Å²) in [6.45, 7) is 10.4. The average molecular weight is 564 g/mol. The lowest BCUT2D eigenvalue weighted by Crippen LogP contribution is -2.47. The number of carboxylic acids is 1. The molecule has 5 aliphatic rings. The molecule has 4 N–H and O–H groups in total. The summed E-state index contributed by atoms with van der Waals surface area (Å²) in [7, 11) is -3.82. The van der Waals surface area contributed by atoms with Gasteiger partial charge < -0.3 is 28.4 Å². The van der Waals surface area contributed by atoms with Crippen molar-refractivity contribution in [3.05, 3.63) is 76.0 Å². The van der Waals surface area contributed by atoms with Crippen LogP contribution in [-0.4, -0.2) is 60.3 Å². The number of fused-ring (bicyclic) bond motifs is 8. The molecule has 8 nitrogen and oxygen atoms in total. The molecule has 5 aliphatic heterocycles. The predicted molar refractivity (Wildman–Crippen MR) is 154 cm³/mol. The van der Waals surface area contributed by atoms with E-state index in [0.717, 1.165) is 65.3 Å². The van der Waals surface area contributed by atoms with Crippen LogP contribution in [0.2, 0.25) is 0 Å². The third-order valence-electron chi connectivity index (χ3n) is 9.46. The average Bonchev–Trinajstić information content (AvgIpc) is 3.26. The monoisotopic (exact) mass is 563 g/mol. The van der Waals surface area contributed by atoms with Crippen LogP contribution in [-0.2, 0) is 26.8 Å². The molecular formula is C31H35N2O6S+. The number of benzene rings is 2. The van der Waals surface area contributed by atoms with Gasteiger partial charge in [-0.25, -0.2) is 0 Å². The van der Waals surface area contributed by atoms with Gasteiger partial charge in [0.15, 0.2) is 12.3 Å². The van der Waals surface area contributed by atoms with E-state index in [0.29, 0.717) is 0 Å². The van der Waals surface area contributed by atoms with Crippen LogP contribution >= 0.6 is 10.9 Å². The summed E-state index contributed by atoms with van der Waals surface area (Å²) in [5.74, 6) is -0.831. The van der Waals surface area contributed by atoms with Crippen LogP contribution in [0.3, 0.4) is 0 Å². The van der Waals surface area contributed by atoms with Gasteiger partial charge in [0.05, 0.1) is 28.9 Å². The van der Waals surface area contributed by atoms with E-state index in [2.05, 4.69) is 55.4 Å². The van der Waals surface area contributed by atoms with E-state index in [4.69, 9.17) is 4.74 Å². The van der Waals surface area contributed by atoms with Crippen molar-refractivity contribution in [2.75, 3.05) is 18.0 Å². The molecule has 0 saturated carbocycles. The van der Waals surface area contributed by atoms with Gasteiger partial charge in [-0.05, 0) is 55.7 Å². The van der Waals surface area contributed by atoms with E-state index in [-0.39, 0.29) is 28.9 Å². The molecule has 2 atom stereocenters. The number of carboxylic acid groups (broad SMARTS) is 1. The highest BCUT2D eigenvalue weighted by Crippen LogP contribution is 2.55. The van der Waals surface area contributed by atoms with Crippen molar-refractivity contribution >= 4 is 33.9 Å². The SMILES string of the molecule is CC1(C)C2=C3C=C4C5=[N+](CCC4OC3CCN2c2ccc(CC(=O)O)cc21)c1ccc(S(O)(O)O)cc1C5(C)C. The van der Waals surface area contributed by atoms with Gasteiger partial charge in [-0.1, -0.05) is 26.0 Å². The summed E-state index contributed by atoms with van der Waals surface area (Å²) < 4.78 is 39.0. The molecule has 40 heavy (non-hydrogen) atoms. The van der Waals surface area contributed by atoms with Gasteiger partial charge >= 0.3 is 5.97 Å². The van der Waals surface area contributed by atoms with E-state index in [1.54, 1.807) is 12.1 Å². The molecule has 0 amide bonds. The fourth-order valence-electron chi connectivity index (χ4n) is 7.77. The summed E-state index contributed by atoms with van der Waals surface area (Å²) in [5, 5.41) is 9.37. The Bertz CT molecular complexity index is 1600. The van der Waals surface area contributed by atoms with Gasteiger partial charge in [0, 0.05) is 52.5 Å². The predicted octanol–water partition coefficient (Wildman–Crippen LogP) is 5.83. The zero-order chi connectivity index (χ0) is 28.4. The maximum atomic E-state index is 11.4. The van der Waals surface area contributed by atoms with E-state index >= 15 is 0 Å². The van der Waals surface area contributed by atoms with Gasteiger partial charge in [0.2, 0.25) is 5.69 Å². The second-order valence-corrected chi connectivity index (χ2v) is 14.1. The molecule has 2 aromatic rings. The largest absolute Gasteiger partial charge is 0.481 e. The van der Waals surface area contributed by atoms with Crippen LogP contribution < -0.4 is 4.90 Å².